The number of nitro benzene ring substituents is 1. The van der Waals surface area contributed by atoms with Crippen LogP contribution in [-0.4, -0.2) is 16.4 Å². The first-order valence-corrected chi connectivity index (χ1v) is 7.85. The number of aryl methyl sites for hydroxylation is 2. The average Bonchev–Trinajstić information content (AvgIpc) is 2.41. The van der Waals surface area contributed by atoms with Crippen LogP contribution >= 0.6 is 11.6 Å². The summed E-state index contributed by atoms with van der Waals surface area (Å²) >= 11 is 6.39. The third-order valence-electron chi connectivity index (χ3n) is 4.96. The lowest BCUT2D eigenvalue weighted by Gasteiger charge is -2.52. The molecule has 0 spiro atoms. The van der Waals surface area contributed by atoms with Gasteiger partial charge >= 0.3 is 0 Å². The Morgan fingerprint density at radius 2 is 1.95 bits per heavy atom. The van der Waals surface area contributed by atoms with Crippen LogP contribution in [0.15, 0.2) is 12.1 Å². The Balaban J connectivity index is 2.28. The smallest absolute Gasteiger partial charge is 0.276 e. The second kappa shape index (κ2) is 5.84. The van der Waals surface area contributed by atoms with Crippen molar-refractivity contribution in [1.82, 2.24) is 0 Å². The van der Waals surface area contributed by atoms with E-state index in [2.05, 4.69) is 13.8 Å². The molecule has 1 aromatic carbocycles. The maximum atomic E-state index is 11.1. The van der Waals surface area contributed by atoms with Crippen molar-refractivity contribution >= 4 is 17.3 Å². The quantitative estimate of drug-likeness (QED) is 0.447. The van der Waals surface area contributed by atoms with Gasteiger partial charge in [-0.05, 0) is 38.3 Å². The fraction of sp³-hybridized carbons (Fsp3) is 0.625. The molecule has 0 aliphatic heterocycles. The Morgan fingerprint density at radius 1 is 1.33 bits per heavy atom. The largest absolute Gasteiger partial charge is 0.489 e. The molecule has 0 N–H and O–H groups in total. The molecule has 1 saturated carbocycles. The molecule has 2 unspecified atom stereocenters. The predicted molar refractivity (Wildman–Crippen MR) is 84.3 cm³/mol. The van der Waals surface area contributed by atoms with Crippen LogP contribution in [0.3, 0.4) is 0 Å². The highest BCUT2D eigenvalue weighted by atomic mass is 35.5. The van der Waals surface area contributed by atoms with Crippen molar-refractivity contribution in [2.24, 2.45) is 5.41 Å². The second-order valence-electron chi connectivity index (χ2n) is 5.91. The number of hydrogen-bond acceptors (Lipinski definition) is 3. The van der Waals surface area contributed by atoms with Crippen LogP contribution in [0.1, 0.15) is 44.2 Å². The summed E-state index contributed by atoms with van der Waals surface area (Å²) in [5.41, 5.74) is 1.67. The predicted octanol–water partition coefficient (Wildman–Crippen LogP) is 4.78. The third kappa shape index (κ3) is 2.61. The Morgan fingerprint density at radius 3 is 2.43 bits per heavy atom. The molecule has 116 valence electrons. The lowest BCUT2D eigenvalue weighted by molar-refractivity contribution is -0.385. The topological polar surface area (TPSA) is 52.4 Å². The van der Waals surface area contributed by atoms with Gasteiger partial charge in [-0.1, -0.05) is 13.8 Å². The average molecular weight is 312 g/mol. The summed E-state index contributed by atoms with van der Waals surface area (Å²) in [5.74, 6) is 0.604. The highest BCUT2D eigenvalue weighted by molar-refractivity contribution is 6.21. The van der Waals surface area contributed by atoms with E-state index < -0.39 is 0 Å². The zero-order valence-corrected chi connectivity index (χ0v) is 13.7. The van der Waals surface area contributed by atoms with Crippen molar-refractivity contribution in [3.63, 3.8) is 0 Å². The van der Waals surface area contributed by atoms with Crippen LogP contribution in [0.2, 0.25) is 0 Å². The zero-order chi connectivity index (χ0) is 15.8. The van der Waals surface area contributed by atoms with E-state index in [1.807, 2.05) is 13.0 Å². The third-order valence-corrected chi connectivity index (χ3v) is 5.57. The Bertz CT molecular complexity index is 555. The fourth-order valence-electron chi connectivity index (χ4n) is 3.31. The standard InChI is InChI=1S/C16H22ClNO3/c1-5-16(6-2)14(17)9-15(16)21-13-8-12(18(19)20)10(3)7-11(13)4/h7-8,14-15H,5-6,9H2,1-4H3. The SMILES string of the molecule is CCC1(CC)C(Cl)CC1Oc1cc([N+](=O)[O-])c(C)cc1C. The summed E-state index contributed by atoms with van der Waals surface area (Å²) in [6.07, 6.45) is 2.74. The minimum absolute atomic E-state index is 0.0202. The van der Waals surface area contributed by atoms with Crippen molar-refractivity contribution in [2.75, 3.05) is 0 Å². The van der Waals surface area contributed by atoms with Crippen molar-refractivity contribution in [1.29, 1.82) is 0 Å². The number of alkyl halides is 1. The van der Waals surface area contributed by atoms with E-state index in [0.717, 1.165) is 24.8 Å². The molecule has 1 fully saturated rings. The number of nitro groups is 1. The molecule has 5 heteroatoms. The van der Waals surface area contributed by atoms with E-state index in [1.165, 1.54) is 0 Å². The van der Waals surface area contributed by atoms with Crippen molar-refractivity contribution < 1.29 is 9.66 Å². The van der Waals surface area contributed by atoms with E-state index in [4.69, 9.17) is 16.3 Å². The maximum Gasteiger partial charge on any atom is 0.276 e. The first-order valence-electron chi connectivity index (χ1n) is 7.42. The Labute approximate surface area is 130 Å². The molecule has 0 saturated heterocycles. The van der Waals surface area contributed by atoms with Crippen LogP contribution in [0.25, 0.3) is 0 Å². The lowest BCUT2D eigenvalue weighted by Crippen LogP contribution is -2.56. The van der Waals surface area contributed by atoms with E-state index >= 15 is 0 Å². The van der Waals surface area contributed by atoms with Crippen LogP contribution in [0.4, 0.5) is 5.69 Å². The molecule has 2 rings (SSSR count). The van der Waals surface area contributed by atoms with Gasteiger partial charge in [-0.3, -0.25) is 10.1 Å². The minimum Gasteiger partial charge on any atom is -0.489 e. The summed E-state index contributed by atoms with van der Waals surface area (Å²) < 4.78 is 6.11. The summed E-state index contributed by atoms with van der Waals surface area (Å²) in [4.78, 5) is 10.7. The van der Waals surface area contributed by atoms with Crippen molar-refractivity contribution in [2.45, 2.75) is 58.4 Å². The summed E-state index contributed by atoms with van der Waals surface area (Å²) in [5, 5.41) is 11.2. The summed E-state index contributed by atoms with van der Waals surface area (Å²) in [6.45, 7) is 7.91. The summed E-state index contributed by atoms with van der Waals surface area (Å²) in [6, 6.07) is 3.35. The molecule has 4 nitrogen and oxygen atoms in total. The molecular formula is C16H22ClNO3. The number of nitrogens with zero attached hydrogens (tertiary/aromatic N) is 1. The van der Waals surface area contributed by atoms with Gasteiger partial charge in [0.15, 0.2) is 0 Å². The molecular weight excluding hydrogens is 290 g/mol. The number of ether oxygens (including phenoxy) is 1. The van der Waals surface area contributed by atoms with Gasteiger partial charge in [0.1, 0.15) is 11.9 Å². The molecule has 0 bridgehead atoms. The van der Waals surface area contributed by atoms with Gasteiger partial charge in [0, 0.05) is 22.8 Å². The lowest BCUT2D eigenvalue weighted by atomic mass is 9.62. The Kier molecular flexibility index (Phi) is 4.47. The van der Waals surface area contributed by atoms with E-state index in [0.29, 0.717) is 11.3 Å². The van der Waals surface area contributed by atoms with Crippen LogP contribution in [0.5, 0.6) is 5.75 Å². The molecule has 0 heterocycles. The van der Waals surface area contributed by atoms with E-state index in [1.54, 1.807) is 13.0 Å². The van der Waals surface area contributed by atoms with Crippen molar-refractivity contribution in [3.05, 3.63) is 33.4 Å². The highest BCUT2D eigenvalue weighted by Crippen LogP contribution is 2.52. The normalized spacial score (nSPS) is 23.5. The van der Waals surface area contributed by atoms with Crippen LogP contribution in [-0.2, 0) is 0 Å². The molecule has 1 aliphatic carbocycles. The monoisotopic (exact) mass is 311 g/mol. The Hall–Kier alpha value is -1.29. The number of hydrogen-bond donors (Lipinski definition) is 0. The van der Waals surface area contributed by atoms with Gasteiger partial charge in [-0.15, -0.1) is 11.6 Å². The molecule has 0 amide bonds. The minimum atomic E-state index is -0.361. The molecule has 2 atom stereocenters. The van der Waals surface area contributed by atoms with Crippen LogP contribution < -0.4 is 4.74 Å². The summed E-state index contributed by atoms with van der Waals surface area (Å²) in [7, 11) is 0. The van der Waals surface area contributed by atoms with Crippen molar-refractivity contribution in [3.8, 4) is 5.75 Å². The van der Waals surface area contributed by atoms with Gasteiger partial charge < -0.3 is 4.74 Å². The number of benzene rings is 1. The van der Waals surface area contributed by atoms with Crippen LogP contribution in [0, 0.1) is 29.4 Å². The highest BCUT2D eigenvalue weighted by Gasteiger charge is 2.53. The van der Waals surface area contributed by atoms with E-state index in [-0.39, 0.29) is 27.5 Å². The van der Waals surface area contributed by atoms with Gasteiger partial charge in [-0.25, -0.2) is 0 Å². The molecule has 21 heavy (non-hydrogen) atoms. The molecule has 1 aliphatic rings. The van der Waals surface area contributed by atoms with Gasteiger partial charge in [0.2, 0.25) is 0 Å². The fourth-order valence-corrected chi connectivity index (χ4v) is 3.92. The molecule has 0 aromatic heterocycles. The number of rotatable bonds is 5. The van der Waals surface area contributed by atoms with Gasteiger partial charge in [0.25, 0.3) is 5.69 Å². The van der Waals surface area contributed by atoms with Gasteiger partial charge in [0.05, 0.1) is 11.0 Å². The second-order valence-corrected chi connectivity index (χ2v) is 6.44. The number of halogens is 1. The zero-order valence-electron chi connectivity index (χ0n) is 13.0. The maximum absolute atomic E-state index is 11.1. The molecule has 0 radical (unpaired) electrons. The van der Waals surface area contributed by atoms with E-state index in [9.17, 15) is 10.1 Å². The molecule has 1 aromatic rings. The van der Waals surface area contributed by atoms with Gasteiger partial charge in [-0.2, -0.15) is 0 Å². The first kappa shape index (κ1) is 16.1. The first-order chi connectivity index (χ1) is 9.85.